The molecule has 0 aromatic heterocycles. The van der Waals surface area contributed by atoms with E-state index in [0.717, 1.165) is 35.3 Å². The van der Waals surface area contributed by atoms with Gasteiger partial charge in [-0.1, -0.05) is 116 Å². The minimum atomic E-state index is -0.995. The maximum absolute atomic E-state index is 12.0. The molecule has 0 radical (unpaired) electrons. The zero-order valence-corrected chi connectivity index (χ0v) is 26.1. The van der Waals surface area contributed by atoms with Crippen molar-refractivity contribution >= 4 is 11.9 Å². The lowest BCUT2D eigenvalue weighted by molar-refractivity contribution is -0.276. The molecule has 4 atom stereocenters. The summed E-state index contributed by atoms with van der Waals surface area (Å²) in [5, 5.41) is 21.2. The van der Waals surface area contributed by atoms with Crippen molar-refractivity contribution in [1.82, 2.24) is 10.2 Å². The van der Waals surface area contributed by atoms with Crippen LogP contribution in [0.1, 0.15) is 65.5 Å². The molecule has 1 saturated heterocycles. The van der Waals surface area contributed by atoms with E-state index in [2.05, 4.69) is 65.7 Å². The van der Waals surface area contributed by atoms with Gasteiger partial charge in [0.25, 0.3) is 0 Å². The first-order valence-corrected chi connectivity index (χ1v) is 15.8. The number of carboxylic acids is 1. The zero-order valence-electron chi connectivity index (χ0n) is 26.1. The number of carbonyl (C=O) groups is 2. The van der Waals surface area contributed by atoms with E-state index in [1.54, 1.807) is 0 Å². The maximum atomic E-state index is 12.0. The molecule has 1 aliphatic heterocycles. The highest BCUT2D eigenvalue weighted by atomic mass is 16.7. The third-order valence-corrected chi connectivity index (χ3v) is 8.37. The molecule has 5 rings (SSSR count). The van der Waals surface area contributed by atoms with Crippen molar-refractivity contribution in [2.45, 2.75) is 64.5 Å². The number of rotatable bonds is 14. The number of aliphatic hydroxyl groups excluding tert-OH is 1. The molecule has 240 valence electrons. The van der Waals surface area contributed by atoms with Gasteiger partial charge in [-0.05, 0) is 27.8 Å². The van der Waals surface area contributed by atoms with Gasteiger partial charge in [0.2, 0.25) is 5.91 Å². The van der Waals surface area contributed by atoms with Crippen molar-refractivity contribution in [3.63, 3.8) is 0 Å². The van der Waals surface area contributed by atoms with Gasteiger partial charge in [-0.15, -0.1) is 0 Å². The fourth-order valence-electron chi connectivity index (χ4n) is 5.75. The quantitative estimate of drug-likeness (QED) is 0.155. The van der Waals surface area contributed by atoms with Gasteiger partial charge in [0.05, 0.1) is 25.2 Å². The molecule has 1 aliphatic rings. The number of amides is 1. The van der Waals surface area contributed by atoms with Crippen molar-refractivity contribution in [3.05, 3.63) is 143 Å². The number of aliphatic carboxylic acids is 1. The second-order valence-corrected chi connectivity index (χ2v) is 11.9. The first-order valence-electron chi connectivity index (χ1n) is 15.8. The van der Waals surface area contributed by atoms with Crippen LogP contribution in [0, 0.1) is 5.92 Å². The van der Waals surface area contributed by atoms with Gasteiger partial charge in [0.15, 0.2) is 6.29 Å². The Morgan fingerprint density at radius 3 is 1.85 bits per heavy atom. The number of hydrogen-bond acceptors (Lipinski definition) is 6. The number of carbonyl (C=O) groups excluding carboxylic acids is 1. The fraction of sp³-hybridized carbons (Fsp3) is 0.316. The molecule has 46 heavy (non-hydrogen) atoms. The third kappa shape index (κ3) is 9.34. The summed E-state index contributed by atoms with van der Waals surface area (Å²) < 4.78 is 13.4. The summed E-state index contributed by atoms with van der Waals surface area (Å²) in [6.07, 6.45) is -1.25. The van der Waals surface area contributed by atoms with Gasteiger partial charge < -0.3 is 25.0 Å². The molecule has 0 spiro atoms. The first kappa shape index (κ1) is 33.0. The van der Waals surface area contributed by atoms with Gasteiger partial charge in [-0.3, -0.25) is 14.5 Å². The van der Waals surface area contributed by atoms with E-state index in [1.165, 1.54) is 11.1 Å². The summed E-state index contributed by atoms with van der Waals surface area (Å²) in [6, 6.07) is 36.6. The minimum Gasteiger partial charge on any atom is -0.481 e. The fourth-order valence-corrected chi connectivity index (χ4v) is 5.75. The molecule has 1 heterocycles. The lowest BCUT2D eigenvalue weighted by Crippen LogP contribution is -2.44. The summed E-state index contributed by atoms with van der Waals surface area (Å²) in [7, 11) is 0. The van der Waals surface area contributed by atoms with Crippen LogP contribution >= 0.6 is 0 Å². The topological polar surface area (TPSA) is 108 Å². The highest BCUT2D eigenvalue weighted by Crippen LogP contribution is 2.42. The minimum absolute atomic E-state index is 0.0178. The van der Waals surface area contributed by atoms with Gasteiger partial charge in [-0.2, -0.15) is 0 Å². The van der Waals surface area contributed by atoms with E-state index >= 15 is 0 Å². The molecule has 0 bridgehead atoms. The Balaban J connectivity index is 1.36. The molecule has 0 aliphatic carbocycles. The predicted molar refractivity (Wildman–Crippen MR) is 175 cm³/mol. The predicted octanol–water partition coefficient (Wildman–Crippen LogP) is 6.15. The smallest absolute Gasteiger partial charge is 0.303 e. The van der Waals surface area contributed by atoms with E-state index in [1.807, 2.05) is 60.7 Å². The normalized spacial score (nSPS) is 19.5. The Bertz CT molecular complexity index is 1490. The highest BCUT2D eigenvalue weighted by Gasteiger charge is 2.39. The van der Waals surface area contributed by atoms with Crippen molar-refractivity contribution in [2.75, 3.05) is 6.54 Å². The van der Waals surface area contributed by atoms with Gasteiger partial charge >= 0.3 is 5.97 Å². The molecule has 0 saturated carbocycles. The Labute approximate surface area is 270 Å². The average Bonchev–Trinajstić information content (AvgIpc) is 3.08. The van der Waals surface area contributed by atoms with Crippen LogP contribution in [-0.4, -0.2) is 39.6 Å². The van der Waals surface area contributed by atoms with Gasteiger partial charge in [0, 0.05) is 44.1 Å². The second kappa shape index (κ2) is 16.3. The van der Waals surface area contributed by atoms with Crippen LogP contribution in [0.25, 0.3) is 0 Å². The highest BCUT2D eigenvalue weighted by molar-refractivity contribution is 5.80. The lowest BCUT2D eigenvalue weighted by atomic mass is 9.89. The average molecular weight is 623 g/mol. The Morgan fingerprint density at radius 2 is 1.28 bits per heavy atom. The van der Waals surface area contributed by atoms with Crippen molar-refractivity contribution in [3.8, 4) is 0 Å². The van der Waals surface area contributed by atoms with Crippen LogP contribution in [-0.2, 0) is 45.3 Å². The van der Waals surface area contributed by atoms with Crippen molar-refractivity contribution in [2.24, 2.45) is 5.92 Å². The molecule has 1 amide bonds. The Morgan fingerprint density at radius 1 is 0.717 bits per heavy atom. The van der Waals surface area contributed by atoms with Crippen molar-refractivity contribution in [1.29, 1.82) is 0 Å². The van der Waals surface area contributed by atoms with Gasteiger partial charge in [-0.25, -0.2) is 0 Å². The summed E-state index contributed by atoms with van der Waals surface area (Å²) in [5.41, 5.74) is 6.10. The zero-order chi connectivity index (χ0) is 32.3. The Kier molecular flexibility index (Phi) is 11.7. The molecular formula is C38H42N2O6. The molecule has 0 unspecified atom stereocenters. The summed E-state index contributed by atoms with van der Waals surface area (Å²) in [4.78, 5) is 25.2. The molecular weight excluding hydrogens is 580 g/mol. The van der Waals surface area contributed by atoms with E-state index < -0.39 is 12.3 Å². The molecule has 4 aromatic carbocycles. The first-order chi connectivity index (χ1) is 22.4. The van der Waals surface area contributed by atoms with Crippen LogP contribution in [0.2, 0.25) is 0 Å². The summed E-state index contributed by atoms with van der Waals surface area (Å²) in [5.74, 6) is -1.26. The number of carboxylic acid groups (broad SMARTS) is 1. The lowest BCUT2D eigenvalue weighted by Gasteiger charge is -2.43. The number of ether oxygens (including phenoxy) is 2. The standard InChI is InChI=1S/C38H42N2O6/c1-27-34(25-40(23-29-8-4-2-5-9-29)24-30-10-6-3-7-11-30)45-38(46-37(27)32-16-14-31(26-41)15-17-32)33-18-12-28(13-19-33)22-39-35(42)20-21-36(43)44/h2-19,27,34,37-38,41H,20-26H2,1H3,(H,39,42)(H,43,44)/t27-,34+,37+,38+/m0/s1. The van der Waals surface area contributed by atoms with E-state index in [4.69, 9.17) is 14.6 Å². The number of hydrogen-bond donors (Lipinski definition) is 3. The molecule has 4 aromatic rings. The van der Waals surface area contributed by atoms with Gasteiger partial charge in [0.1, 0.15) is 0 Å². The van der Waals surface area contributed by atoms with E-state index in [-0.39, 0.29) is 43.5 Å². The molecule has 1 fully saturated rings. The number of benzene rings is 4. The number of nitrogens with one attached hydrogen (secondary N) is 1. The van der Waals surface area contributed by atoms with E-state index in [9.17, 15) is 14.7 Å². The van der Waals surface area contributed by atoms with Crippen LogP contribution in [0.4, 0.5) is 0 Å². The van der Waals surface area contributed by atoms with Crippen LogP contribution < -0.4 is 5.32 Å². The van der Waals surface area contributed by atoms with Crippen LogP contribution in [0.3, 0.4) is 0 Å². The Hall–Kier alpha value is -4.34. The maximum Gasteiger partial charge on any atom is 0.303 e. The molecule has 3 N–H and O–H groups in total. The summed E-state index contributed by atoms with van der Waals surface area (Å²) >= 11 is 0. The molecule has 8 nitrogen and oxygen atoms in total. The van der Waals surface area contributed by atoms with Crippen molar-refractivity contribution < 1.29 is 29.3 Å². The second-order valence-electron chi connectivity index (χ2n) is 11.9. The number of nitrogens with zero attached hydrogens (tertiary/aromatic N) is 1. The largest absolute Gasteiger partial charge is 0.481 e. The SMILES string of the molecule is C[C@H]1[C@@H](CN(Cc2ccccc2)Cc2ccccc2)O[C@@H](c2ccc(CNC(=O)CCC(=O)O)cc2)O[C@H]1c1ccc(CO)cc1. The van der Waals surface area contributed by atoms with E-state index in [0.29, 0.717) is 13.1 Å². The number of aliphatic hydroxyl groups is 1. The van der Waals surface area contributed by atoms with Crippen LogP contribution in [0.5, 0.6) is 0 Å². The molecule has 8 heteroatoms. The van der Waals surface area contributed by atoms with Crippen LogP contribution in [0.15, 0.2) is 109 Å². The summed E-state index contributed by atoms with van der Waals surface area (Å²) in [6.45, 7) is 4.70. The monoisotopic (exact) mass is 622 g/mol. The third-order valence-electron chi connectivity index (χ3n) is 8.37.